The summed E-state index contributed by atoms with van der Waals surface area (Å²) < 4.78 is 11.4. The van der Waals surface area contributed by atoms with Crippen LogP contribution in [0, 0.1) is 0 Å². The van der Waals surface area contributed by atoms with E-state index in [0.717, 1.165) is 57.1 Å². The van der Waals surface area contributed by atoms with Crippen molar-refractivity contribution in [2.24, 2.45) is 0 Å². The Morgan fingerprint density at radius 2 is 1.40 bits per heavy atom. The van der Waals surface area contributed by atoms with Crippen molar-refractivity contribution in [3.05, 3.63) is 60.8 Å². The topological polar surface area (TPSA) is 119 Å². The minimum atomic E-state index is -1.44. The lowest BCUT2D eigenvalue weighted by molar-refractivity contribution is -0.184. The van der Waals surface area contributed by atoms with E-state index in [0.29, 0.717) is 19.3 Å². The van der Waals surface area contributed by atoms with E-state index in [9.17, 15) is 19.2 Å². The molecule has 1 saturated heterocycles. The number of allylic oxidation sites excluding steroid dienone is 10. The highest BCUT2D eigenvalue weighted by molar-refractivity contribution is 8.77. The number of carboxylic acids is 1. The maximum absolute atomic E-state index is 13.0. The molecule has 1 fully saturated rings. The average molecular weight is 692 g/mol. The quantitative estimate of drug-likeness (QED) is 0.0419. The number of carbonyl (C=O) groups excluding carboxylic acids is 3. The second kappa shape index (κ2) is 25.3. The molecular weight excluding hydrogens is 635 g/mol. The lowest BCUT2D eigenvalue weighted by Gasteiger charge is -2.32. The first kappa shape index (κ1) is 42.3. The summed E-state index contributed by atoms with van der Waals surface area (Å²) in [4.78, 5) is 49.3. The summed E-state index contributed by atoms with van der Waals surface area (Å²) in [7, 11) is 3.78. The van der Waals surface area contributed by atoms with Crippen molar-refractivity contribution in [3.8, 4) is 0 Å². The van der Waals surface area contributed by atoms with Crippen LogP contribution in [0.15, 0.2) is 60.8 Å². The summed E-state index contributed by atoms with van der Waals surface area (Å²) in [5, 5.41) is 11.4. The fourth-order valence-corrected chi connectivity index (χ4v) is 7.93. The summed E-state index contributed by atoms with van der Waals surface area (Å²) >= 11 is 0. The molecule has 0 saturated carbocycles. The number of ether oxygens (including phenoxy) is 2. The summed E-state index contributed by atoms with van der Waals surface area (Å²) in [6.45, 7) is 7.30. The van der Waals surface area contributed by atoms with Gasteiger partial charge < -0.3 is 19.9 Å². The van der Waals surface area contributed by atoms with Gasteiger partial charge in [0.2, 0.25) is 6.10 Å². The summed E-state index contributed by atoms with van der Waals surface area (Å²) in [6, 6.07) is 0. The van der Waals surface area contributed by atoms with Gasteiger partial charge in [-0.1, -0.05) is 95.7 Å². The molecule has 47 heavy (non-hydrogen) atoms. The number of amides is 1. The smallest absolute Gasteiger partial charge is 0.306 e. The van der Waals surface area contributed by atoms with E-state index < -0.39 is 35.5 Å². The first-order chi connectivity index (χ1) is 22.5. The van der Waals surface area contributed by atoms with E-state index >= 15 is 0 Å². The molecule has 0 bridgehead atoms. The molecule has 1 aliphatic heterocycles. The van der Waals surface area contributed by atoms with Crippen molar-refractivity contribution in [1.29, 1.82) is 0 Å². The number of unbranched alkanes of at least 4 members (excludes halogenated alkanes) is 2. The van der Waals surface area contributed by atoms with Crippen LogP contribution in [0.3, 0.4) is 0 Å². The fraction of sp³-hybridized carbons (Fsp3) is 0.622. The second-order valence-electron chi connectivity index (χ2n) is 12.3. The number of hydrogen-bond donors (Lipinski definition) is 2. The number of esters is 2. The first-order valence-electron chi connectivity index (χ1n) is 17.0. The van der Waals surface area contributed by atoms with Gasteiger partial charge in [0, 0.05) is 29.9 Å². The number of nitrogens with one attached hydrogen (secondary N) is 1. The van der Waals surface area contributed by atoms with Gasteiger partial charge >= 0.3 is 17.9 Å². The molecule has 1 rings (SSSR count). The van der Waals surface area contributed by atoms with Crippen LogP contribution in [0.25, 0.3) is 0 Å². The molecule has 1 heterocycles. The molecule has 264 valence electrons. The van der Waals surface area contributed by atoms with Crippen molar-refractivity contribution in [2.45, 2.75) is 134 Å². The van der Waals surface area contributed by atoms with Crippen LogP contribution in [0.1, 0.15) is 118 Å². The molecule has 0 aromatic rings. The van der Waals surface area contributed by atoms with Crippen LogP contribution in [0.2, 0.25) is 0 Å². The maximum atomic E-state index is 13.0. The Hall–Kier alpha value is -2.72. The van der Waals surface area contributed by atoms with Crippen LogP contribution in [-0.2, 0) is 28.7 Å². The SMILES string of the molecule is CC/C=C\C/C=C\C/C=C\C/C=C\C/C=C\CCCC(=O)OC(C)(C)[C@H](OC(=O)CCCC[C@]1(C)CCSS1)C(=O)NCCC(=O)O. The van der Waals surface area contributed by atoms with Gasteiger partial charge in [-0.2, -0.15) is 0 Å². The van der Waals surface area contributed by atoms with Crippen molar-refractivity contribution >= 4 is 45.4 Å². The Morgan fingerprint density at radius 1 is 0.830 bits per heavy atom. The number of hydrogen-bond acceptors (Lipinski definition) is 8. The van der Waals surface area contributed by atoms with E-state index in [1.807, 2.05) is 27.7 Å². The van der Waals surface area contributed by atoms with Crippen LogP contribution >= 0.6 is 21.6 Å². The largest absolute Gasteiger partial charge is 0.481 e. The molecule has 0 aliphatic carbocycles. The summed E-state index contributed by atoms with van der Waals surface area (Å²) in [6.07, 6.45) is 29.6. The normalized spacial score (nSPS) is 17.8. The Kier molecular flexibility index (Phi) is 22.8. The van der Waals surface area contributed by atoms with Crippen LogP contribution in [-0.4, -0.2) is 57.7 Å². The number of aliphatic carboxylic acids is 1. The van der Waals surface area contributed by atoms with E-state index in [4.69, 9.17) is 14.6 Å². The third-order valence-electron chi connectivity index (χ3n) is 7.35. The molecule has 1 aliphatic rings. The molecule has 2 N–H and O–H groups in total. The zero-order valence-electron chi connectivity index (χ0n) is 28.9. The van der Waals surface area contributed by atoms with Crippen LogP contribution in [0.4, 0.5) is 0 Å². The van der Waals surface area contributed by atoms with Gasteiger partial charge in [-0.05, 0) is 85.0 Å². The average Bonchev–Trinajstić information content (AvgIpc) is 3.45. The molecule has 0 spiro atoms. The van der Waals surface area contributed by atoms with Gasteiger partial charge in [0.25, 0.3) is 5.91 Å². The standard InChI is InChI=1S/C37H57NO7S2/c1-5-6-7-8-9-10-11-12-13-14-15-16-17-18-19-20-21-25-33(42)45-36(2,3)34(35(43)38-29-26-31(39)40)44-32(41)24-22-23-27-37(4)28-30-46-47-37/h6-7,9-10,12-13,15-16,18-19,34H,5,8,11,14,17,20-30H2,1-4H3,(H,38,43)(H,39,40)/b7-6-,10-9-,13-12-,16-15-,19-18-/t34-,37-/m1/s1. The summed E-state index contributed by atoms with van der Waals surface area (Å²) in [5.41, 5.74) is -1.44. The molecule has 1 amide bonds. The van der Waals surface area contributed by atoms with Crippen molar-refractivity contribution in [2.75, 3.05) is 12.3 Å². The molecule has 0 aromatic heterocycles. The van der Waals surface area contributed by atoms with Crippen molar-refractivity contribution < 1.29 is 33.8 Å². The highest BCUT2D eigenvalue weighted by Gasteiger charge is 2.42. The number of rotatable bonds is 25. The lowest BCUT2D eigenvalue weighted by Crippen LogP contribution is -2.53. The van der Waals surface area contributed by atoms with Crippen molar-refractivity contribution in [1.82, 2.24) is 5.32 Å². The van der Waals surface area contributed by atoms with Gasteiger partial charge in [-0.25, -0.2) is 0 Å². The highest BCUT2D eigenvalue weighted by Crippen LogP contribution is 2.49. The molecule has 2 atom stereocenters. The van der Waals surface area contributed by atoms with E-state index in [1.165, 1.54) is 13.8 Å². The Balaban J connectivity index is 2.45. The predicted molar refractivity (Wildman–Crippen MR) is 195 cm³/mol. The Bertz CT molecular complexity index is 1090. The van der Waals surface area contributed by atoms with Crippen molar-refractivity contribution in [3.63, 3.8) is 0 Å². The molecule has 0 unspecified atom stereocenters. The van der Waals surface area contributed by atoms with Crippen LogP contribution < -0.4 is 5.32 Å². The summed E-state index contributed by atoms with van der Waals surface area (Å²) in [5.74, 6) is -1.67. The second-order valence-corrected chi connectivity index (χ2v) is 15.3. The van der Waals surface area contributed by atoms with E-state index in [2.05, 4.69) is 73.8 Å². The van der Waals surface area contributed by atoms with E-state index in [-0.39, 0.29) is 30.6 Å². The third-order valence-corrected chi connectivity index (χ3v) is 10.7. The van der Waals surface area contributed by atoms with Gasteiger partial charge in [0.15, 0.2) is 5.60 Å². The highest BCUT2D eigenvalue weighted by atomic mass is 33.1. The van der Waals surface area contributed by atoms with Gasteiger partial charge in [-0.3, -0.25) is 19.2 Å². The predicted octanol–water partition coefficient (Wildman–Crippen LogP) is 8.84. The van der Waals surface area contributed by atoms with Gasteiger partial charge in [0.05, 0.1) is 6.42 Å². The minimum absolute atomic E-state index is 0.131. The molecule has 0 radical (unpaired) electrons. The Labute approximate surface area is 290 Å². The first-order valence-corrected chi connectivity index (χ1v) is 19.3. The van der Waals surface area contributed by atoms with Gasteiger partial charge in [0.1, 0.15) is 0 Å². The maximum Gasteiger partial charge on any atom is 0.306 e. The fourth-order valence-electron chi connectivity index (χ4n) is 4.64. The minimum Gasteiger partial charge on any atom is -0.481 e. The number of carbonyl (C=O) groups is 4. The van der Waals surface area contributed by atoms with Crippen LogP contribution in [0.5, 0.6) is 0 Å². The van der Waals surface area contributed by atoms with E-state index in [1.54, 1.807) is 0 Å². The molecule has 0 aromatic carbocycles. The monoisotopic (exact) mass is 691 g/mol. The zero-order valence-corrected chi connectivity index (χ0v) is 30.5. The molecule has 8 nitrogen and oxygen atoms in total. The lowest BCUT2D eigenvalue weighted by atomic mass is 9.99. The third kappa shape index (κ3) is 21.7. The van der Waals surface area contributed by atoms with Gasteiger partial charge in [-0.15, -0.1) is 0 Å². The molecule has 10 heteroatoms. The Morgan fingerprint density at radius 3 is 1.96 bits per heavy atom. The zero-order chi connectivity index (χ0) is 34.8. The molecular formula is C37H57NO7S2. The number of carboxylic acid groups (broad SMARTS) is 1.